The average Bonchev–Trinajstić information content (AvgIpc) is 3.93. The zero-order valence-corrected chi connectivity index (χ0v) is 41.1. The predicted octanol–water partition coefficient (Wildman–Crippen LogP) is 19.8. The summed E-state index contributed by atoms with van der Waals surface area (Å²) in [6.45, 7) is 15.2. The molecule has 0 fully saturated rings. The van der Waals surface area contributed by atoms with Crippen LogP contribution in [0.2, 0.25) is 0 Å². The SMILES string of the molecule is C/C=C(\C=C/c1cc2ccccc2s1)c1ccc2cc(N(c3ccccc3)c3ccc(-c4ccc5sc6ccccc6c5c4)cc3)ccc2c1CCc1ccccc1.CC(C)C.CC(C)C. The fourth-order valence-corrected chi connectivity index (χ4v) is 10.4. The first-order chi connectivity index (χ1) is 32.1. The van der Waals surface area contributed by atoms with E-state index in [9.17, 15) is 0 Å². The molecule has 0 unspecified atom stereocenters. The van der Waals surface area contributed by atoms with E-state index in [0.717, 1.165) is 41.7 Å². The van der Waals surface area contributed by atoms with E-state index in [-0.39, 0.29) is 0 Å². The Kier molecular flexibility index (Phi) is 15.1. The second kappa shape index (κ2) is 21.6. The molecule has 0 spiro atoms. The number of rotatable bonds is 10. The van der Waals surface area contributed by atoms with Crippen molar-refractivity contribution in [1.82, 2.24) is 0 Å². The van der Waals surface area contributed by atoms with Crippen LogP contribution in [0.4, 0.5) is 17.1 Å². The fourth-order valence-electron chi connectivity index (χ4n) is 8.31. The highest BCUT2D eigenvalue weighted by molar-refractivity contribution is 7.25. The van der Waals surface area contributed by atoms with Gasteiger partial charge < -0.3 is 4.90 Å². The van der Waals surface area contributed by atoms with E-state index in [4.69, 9.17) is 0 Å². The maximum atomic E-state index is 2.38. The van der Waals surface area contributed by atoms with Crippen LogP contribution in [0.25, 0.3) is 63.8 Å². The molecule has 0 saturated carbocycles. The number of hydrogen-bond donors (Lipinski definition) is 0. The van der Waals surface area contributed by atoms with Gasteiger partial charge in [0.05, 0.1) is 0 Å². The van der Waals surface area contributed by atoms with Gasteiger partial charge in [0.2, 0.25) is 0 Å². The van der Waals surface area contributed by atoms with Crippen molar-refractivity contribution in [3.05, 3.63) is 222 Å². The molecule has 2 heterocycles. The maximum Gasteiger partial charge on any atom is 0.0468 e. The summed E-state index contributed by atoms with van der Waals surface area (Å²) in [5.74, 6) is 1.67. The number of fused-ring (bicyclic) bond motifs is 5. The van der Waals surface area contributed by atoms with Crippen LogP contribution in [0.15, 0.2) is 200 Å². The van der Waals surface area contributed by atoms with Crippen molar-refractivity contribution in [3.8, 4) is 11.1 Å². The summed E-state index contributed by atoms with van der Waals surface area (Å²) in [6, 6.07) is 68.8. The molecule has 10 aromatic rings. The zero-order valence-electron chi connectivity index (χ0n) is 39.5. The summed E-state index contributed by atoms with van der Waals surface area (Å²) in [5.41, 5.74) is 11.1. The molecule has 1 nitrogen and oxygen atoms in total. The molecule has 2 aromatic heterocycles. The van der Waals surface area contributed by atoms with Crippen molar-refractivity contribution in [2.75, 3.05) is 4.90 Å². The number of thiophene rings is 2. The normalized spacial score (nSPS) is 11.7. The molecule has 0 aliphatic carbocycles. The first-order valence-electron chi connectivity index (χ1n) is 23.4. The van der Waals surface area contributed by atoms with Crippen LogP contribution in [0.3, 0.4) is 0 Å². The van der Waals surface area contributed by atoms with Gasteiger partial charge in [-0.25, -0.2) is 0 Å². The van der Waals surface area contributed by atoms with Crippen LogP contribution < -0.4 is 4.90 Å². The zero-order chi connectivity index (χ0) is 46.0. The molecule has 330 valence electrons. The molecule has 0 radical (unpaired) electrons. The van der Waals surface area contributed by atoms with Crippen LogP contribution in [-0.4, -0.2) is 0 Å². The van der Waals surface area contributed by atoms with Crippen molar-refractivity contribution in [2.45, 2.75) is 61.3 Å². The number of benzene rings is 8. The Morgan fingerprint density at radius 3 is 1.79 bits per heavy atom. The van der Waals surface area contributed by atoms with E-state index in [0.29, 0.717) is 0 Å². The van der Waals surface area contributed by atoms with Gasteiger partial charge >= 0.3 is 0 Å². The number of hydrogen-bond acceptors (Lipinski definition) is 3. The topological polar surface area (TPSA) is 3.24 Å². The van der Waals surface area contributed by atoms with Gasteiger partial charge in [-0.3, -0.25) is 0 Å². The van der Waals surface area contributed by atoms with Gasteiger partial charge in [-0.15, -0.1) is 22.7 Å². The minimum Gasteiger partial charge on any atom is -0.310 e. The van der Waals surface area contributed by atoms with Gasteiger partial charge in [0.25, 0.3) is 0 Å². The largest absolute Gasteiger partial charge is 0.310 e. The first kappa shape index (κ1) is 46.0. The number of aryl methyl sites for hydroxylation is 2. The molecule has 0 aliphatic rings. The molecular formula is C63H61NS2. The third-order valence-electron chi connectivity index (χ3n) is 11.2. The third-order valence-corrected chi connectivity index (χ3v) is 13.5. The van der Waals surface area contributed by atoms with Crippen molar-refractivity contribution >= 4 is 92.4 Å². The van der Waals surface area contributed by atoms with Gasteiger partial charge in [0.1, 0.15) is 0 Å². The number of para-hydroxylation sites is 1. The lowest BCUT2D eigenvalue weighted by Crippen LogP contribution is -2.10. The predicted molar refractivity (Wildman–Crippen MR) is 296 cm³/mol. The smallest absolute Gasteiger partial charge is 0.0468 e. The Morgan fingerprint density at radius 1 is 0.470 bits per heavy atom. The van der Waals surface area contributed by atoms with E-state index in [1.807, 2.05) is 22.7 Å². The van der Waals surface area contributed by atoms with E-state index >= 15 is 0 Å². The van der Waals surface area contributed by atoms with Gasteiger partial charge in [-0.1, -0.05) is 175 Å². The lowest BCUT2D eigenvalue weighted by Gasteiger charge is -2.26. The van der Waals surface area contributed by atoms with Crippen LogP contribution in [0, 0.1) is 11.8 Å². The molecule has 0 saturated heterocycles. The monoisotopic (exact) mass is 895 g/mol. The van der Waals surface area contributed by atoms with Crippen LogP contribution >= 0.6 is 22.7 Å². The van der Waals surface area contributed by atoms with E-state index < -0.39 is 0 Å². The highest BCUT2D eigenvalue weighted by Gasteiger charge is 2.17. The van der Waals surface area contributed by atoms with Gasteiger partial charge in [0.15, 0.2) is 0 Å². The molecule has 0 aliphatic heterocycles. The van der Waals surface area contributed by atoms with Crippen molar-refractivity contribution in [2.24, 2.45) is 11.8 Å². The average molecular weight is 896 g/mol. The quantitative estimate of drug-likeness (QED) is 0.124. The highest BCUT2D eigenvalue weighted by atomic mass is 32.1. The second-order valence-corrected chi connectivity index (χ2v) is 20.4. The van der Waals surface area contributed by atoms with Gasteiger partial charge in [0, 0.05) is 46.8 Å². The highest BCUT2D eigenvalue weighted by Crippen LogP contribution is 2.41. The fraction of sp³-hybridized carbons (Fsp3) is 0.175. The Bertz CT molecular complexity index is 3170. The maximum absolute atomic E-state index is 2.38. The van der Waals surface area contributed by atoms with Crippen molar-refractivity contribution in [3.63, 3.8) is 0 Å². The molecule has 0 N–H and O–H groups in total. The Balaban J connectivity index is 0.000000687. The summed E-state index contributed by atoms with van der Waals surface area (Å²) in [6.07, 6.45) is 8.75. The first-order valence-corrected chi connectivity index (χ1v) is 25.1. The molecule has 0 amide bonds. The summed E-state index contributed by atoms with van der Waals surface area (Å²) >= 11 is 3.70. The molecule has 0 bridgehead atoms. The van der Waals surface area contributed by atoms with Crippen LogP contribution in [0.1, 0.15) is 70.0 Å². The second-order valence-electron chi connectivity index (χ2n) is 18.2. The van der Waals surface area contributed by atoms with E-state index in [2.05, 4.69) is 260 Å². The third kappa shape index (κ3) is 11.1. The Labute approximate surface area is 401 Å². The standard InChI is InChI=1S/C55H41NS2.2C4H10/c1-2-39(24-30-47-36-43-15-9-11-19-53(43)57-47)48-32-25-42-35-46(29-33-49(42)50(48)31-21-38-13-5-3-6-14-38)56(44-16-7-4-8-17-44)45-27-22-40(23-28-45)41-26-34-55-52(37-41)51-18-10-12-20-54(51)58-55;2*1-4(2)3/h2-20,22-30,32-37H,21,31H2,1H3;2*4H,1-3H3/b30-24-,39-2+;;. The van der Waals surface area contributed by atoms with Gasteiger partial charge in [-0.2, -0.15) is 0 Å². The molecule has 0 atom stereocenters. The molecule has 8 aromatic carbocycles. The lowest BCUT2D eigenvalue weighted by molar-refractivity contribution is 0.736. The number of allylic oxidation sites excluding steroid dienone is 3. The minimum absolute atomic E-state index is 0.833. The minimum atomic E-state index is 0.833. The Hall–Kier alpha value is -6.52. The molecule has 3 heteroatoms. The number of anilines is 3. The van der Waals surface area contributed by atoms with Crippen molar-refractivity contribution in [1.29, 1.82) is 0 Å². The van der Waals surface area contributed by atoms with E-state index in [1.165, 1.54) is 79.3 Å². The van der Waals surface area contributed by atoms with Crippen LogP contribution in [-0.2, 0) is 12.8 Å². The summed E-state index contributed by atoms with van der Waals surface area (Å²) in [7, 11) is 0. The molecule has 66 heavy (non-hydrogen) atoms. The summed E-state index contributed by atoms with van der Waals surface area (Å²) in [4.78, 5) is 3.64. The van der Waals surface area contributed by atoms with E-state index in [1.54, 1.807) is 0 Å². The summed E-state index contributed by atoms with van der Waals surface area (Å²) < 4.78 is 3.98. The Morgan fingerprint density at radius 2 is 1.08 bits per heavy atom. The van der Waals surface area contributed by atoms with Gasteiger partial charge in [-0.05, 0) is 154 Å². The van der Waals surface area contributed by atoms with Crippen LogP contribution in [0.5, 0.6) is 0 Å². The molecule has 10 rings (SSSR count). The van der Waals surface area contributed by atoms with Crippen molar-refractivity contribution < 1.29 is 0 Å². The number of nitrogens with zero attached hydrogens (tertiary/aromatic N) is 1. The lowest BCUT2D eigenvalue weighted by atomic mass is 9.89. The molecular weight excluding hydrogens is 835 g/mol. The summed E-state index contributed by atoms with van der Waals surface area (Å²) in [5, 5.41) is 6.48.